The fraction of sp³-hybridized carbons (Fsp3) is 0.600. The van der Waals surface area contributed by atoms with Crippen LogP contribution in [0.3, 0.4) is 0 Å². The minimum atomic E-state index is 0.0208. The molecule has 0 saturated heterocycles. The zero-order valence-corrected chi connectivity index (χ0v) is 14.8. The first-order valence-corrected chi connectivity index (χ1v) is 9.11. The van der Waals surface area contributed by atoms with E-state index in [9.17, 15) is 4.79 Å². The molecule has 3 nitrogen and oxygen atoms in total. The summed E-state index contributed by atoms with van der Waals surface area (Å²) in [6.45, 7) is 4.31. The van der Waals surface area contributed by atoms with Crippen molar-refractivity contribution in [3.05, 3.63) is 35.9 Å². The molecule has 0 saturated carbocycles. The molecule has 0 spiro atoms. The van der Waals surface area contributed by atoms with E-state index in [1.54, 1.807) is 6.21 Å². The summed E-state index contributed by atoms with van der Waals surface area (Å²) >= 11 is 0. The minimum Gasteiger partial charge on any atom is -0.273 e. The Balaban J connectivity index is 2.05. The molecule has 0 aliphatic carbocycles. The van der Waals surface area contributed by atoms with Crippen molar-refractivity contribution in [1.29, 1.82) is 0 Å². The number of hydrogen-bond donors (Lipinski definition) is 1. The van der Waals surface area contributed by atoms with E-state index in [1.165, 1.54) is 44.1 Å². The maximum Gasteiger partial charge on any atom is 0.240 e. The number of benzene rings is 1. The van der Waals surface area contributed by atoms with Crippen LogP contribution in [0, 0.1) is 0 Å². The van der Waals surface area contributed by atoms with Crippen LogP contribution >= 0.6 is 0 Å². The lowest BCUT2D eigenvalue weighted by Crippen LogP contribution is -2.17. The molecule has 0 aromatic heterocycles. The van der Waals surface area contributed by atoms with Gasteiger partial charge in [-0.1, -0.05) is 89.1 Å². The quantitative estimate of drug-likeness (QED) is 0.312. The molecule has 0 radical (unpaired) electrons. The van der Waals surface area contributed by atoms with Crippen molar-refractivity contribution >= 4 is 12.1 Å². The van der Waals surface area contributed by atoms with E-state index in [-0.39, 0.29) is 11.8 Å². The lowest BCUT2D eigenvalue weighted by molar-refractivity contribution is -0.121. The van der Waals surface area contributed by atoms with Gasteiger partial charge in [0, 0.05) is 18.6 Å². The van der Waals surface area contributed by atoms with Crippen LogP contribution in [0.4, 0.5) is 0 Å². The summed E-state index contributed by atoms with van der Waals surface area (Å²) < 4.78 is 0. The summed E-state index contributed by atoms with van der Waals surface area (Å²) in [5.74, 6) is 0.229. The summed E-state index contributed by atoms with van der Waals surface area (Å²) in [7, 11) is 0. The van der Waals surface area contributed by atoms with Gasteiger partial charge in [0.1, 0.15) is 0 Å². The molecule has 1 aromatic rings. The molecule has 1 aromatic carbocycles. The number of unbranched alkanes of at least 4 members (excludes halogenated alkanes) is 7. The SMILES string of the molecule is CCCCCCCCCCC(=O)N/N=C/C(C)c1ccccc1. The Bertz CT molecular complexity index is 442. The van der Waals surface area contributed by atoms with Gasteiger partial charge in [0.25, 0.3) is 0 Å². The molecule has 0 bridgehead atoms. The van der Waals surface area contributed by atoms with E-state index in [4.69, 9.17) is 0 Å². The third kappa shape index (κ3) is 9.88. The van der Waals surface area contributed by atoms with Crippen LogP contribution in [0.5, 0.6) is 0 Å². The molecule has 1 amide bonds. The van der Waals surface area contributed by atoms with Crippen LogP contribution in [0.1, 0.15) is 83.1 Å². The molecule has 1 unspecified atom stereocenters. The lowest BCUT2D eigenvalue weighted by Gasteiger charge is -2.05. The Morgan fingerprint density at radius 3 is 2.30 bits per heavy atom. The summed E-state index contributed by atoms with van der Waals surface area (Å²) in [5.41, 5.74) is 3.84. The Labute approximate surface area is 141 Å². The Morgan fingerprint density at radius 1 is 1.04 bits per heavy atom. The van der Waals surface area contributed by atoms with Crippen molar-refractivity contribution in [2.45, 2.75) is 77.6 Å². The highest BCUT2D eigenvalue weighted by atomic mass is 16.2. The second-order valence-electron chi connectivity index (χ2n) is 6.24. The number of rotatable bonds is 12. The zero-order chi connectivity index (χ0) is 16.8. The fourth-order valence-corrected chi connectivity index (χ4v) is 2.54. The summed E-state index contributed by atoms with van der Waals surface area (Å²) in [5, 5.41) is 4.07. The van der Waals surface area contributed by atoms with Crippen LogP contribution < -0.4 is 5.43 Å². The number of nitrogens with zero attached hydrogens (tertiary/aromatic N) is 1. The first-order chi connectivity index (χ1) is 11.2. The largest absolute Gasteiger partial charge is 0.273 e. The molecule has 23 heavy (non-hydrogen) atoms. The van der Waals surface area contributed by atoms with E-state index in [1.807, 2.05) is 18.2 Å². The van der Waals surface area contributed by atoms with E-state index in [0.29, 0.717) is 6.42 Å². The lowest BCUT2D eigenvalue weighted by atomic mass is 10.0. The number of hydrogen-bond acceptors (Lipinski definition) is 2. The van der Waals surface area contributed by atoms with Gasteiger partial charge in [0.15, 0.2) is 0 Å². The normalized spacial score (nSPS) is 12.4. The number of nitrogens with one attached hydrogen (secondary N) is 1. The van der Waals surface area contributed by atoms with Crippen molar-refractivity contribution in [2.24, 2.45) is 5.10 Å². The molecule has 1 rings (SSSR count). The van der Waals surface area contributed by atoms with Crippen molar-refractivity contribution < 1.29 is 4.79 Å². The van der Waals surface area contributed by atoms with Crippen molar-refractivity contribution in [3.8, 4) is 0 Å². The second kappa shape index (κ2) is 12.9. The Morgan fingerprint density at radius 2 is 1.65 bits per heavy atom. The molecule has 0 aliphatic heterocycles. The number of carbonyl (C=O) groups excluding carboxylic acids is 1. The minimum absolute atomic E-state index is 0.0208. The van der Waals surface area contributed by atoms with E-state index in [0.717, 1.165) is 12.8 Å². The first kappa shape index (κ1) is 19.4. The van der Waals surface area contributed by atoms with Gasteiger partial charge in [-0.3, -0.25) is 4.79 Å². The van der Waals surface area contributed by atoms with Gasteiger partial charge < -0.3 is 0 Å². The maximum atomic E-state index is 11.7. The topological polar surface area (TPSA) is 41.5 Å². The number of amides is 1. The smallest absolute Gasteiger partial charge is 0.240 e. The third-order valence-electron chi connectivity index (χ3n) is 4.07. The van der Waals surface area contributed by atoms with E-state index < -0.39 is 0 Å². The van der Waals surface area contributed by atoms with Gasteiger partial charge in [-0.05, 0) is 12.0 Å². The molecule has 128 valence electrons. The average molecular weight is 316 g/mol. The number of carbonyl (C=O) groups is 1. The molecule has 0 aliphatic rings. The predicted molar refractivity (Wildman–Crippen MR) is 98.7 cm³/mol. The maximum absolute atomic E-state index is 11.7. The molecule has 3 heteroatoms. The Hall–Kier alpha value is -1.64. The highest BCUT2D eigenvalue weighted by Crippen LogP contribution is 2.11. The average Bonchev–Trinajstić information content (AvgIpc) is 2.58. The van der Waals surface area contributed by atoms with E-state index in [2.05, 4.69) is 36.5 Å². The standard InChI is InChI=1S/C20H32N2O/c1-3-4-5-6-7-8-9-13-16-20(23)22-21-17-18(2)19-14-11-10-12-15-19/h10-12,14-15,17-18H,3-9,13,16H2,1-2H3,(H,22,23)/b21-17+. The fourth-order valence-electron chi connectivity index (χ4n) is 2.54. The van der Waals surface area contributed by atoms with Gasteiger partial charge >= 0.3 is 0 Å². The zero-order valence-electron chi connectivity index (χ0n) is 14.8. The molecular formula is C20H32N2O. The first-order valence-electron chi connectivity index (χ1n) is 9.11. The molecule has 0 fully saturated rings. The predicted octanol–water partition coefficient (Wildman–Crippen LogP) is 5.42. The summed E-state index contributed by atoms with van der Waals surface area (Å²) in [6.07, 6.45) is 12.3. The van der Waals surface area contributed by atoms with Gasteiger partial charge in [-0.15, -0.1) is 0 Å². The Kier molecular flexibility index (Phi) is 10.9. The van der Waals surface area contributed by atoms with Crippen molar-refractivity contribution in [2.75, 3.05) is 0 Å². The monoisotopic (exact) mass is 316 g/mol. The second-order valence-corrected chi connectivity index (χ2v) is 6.24. The van der Waals surface area contributed by atoms with Gasteiger partial charge in [0.05, 0.1) is 0 Å². The van der Waals surface area contributed by atoms with Crippen LogP contribution in [0.15, 0.2) is 35.4 Å². The highest BCUT2D eigenvalue weighted by molar-refractivity contribution is 5.77. The van der Waals surface area contributed by atoms with Gasteiger partial charge in [-0.25, -0.2) is 5.43 Å². The van der Waals surface area contributed by atoms with Crippen LogP contribution in [0.2, 0.25) is 0 Å². The van der Waals surface area contributed by atoms with Gasteiger partial charge in [-0.2, -0.15) is 5.10 Å². The summed E-state index contributed by atoms with van der Waals surface area (Å²) in [4.78, 5) is 11.7. The van der Waals surface area contributed by atoms with E-state index >= 15 is 0 Å². The van der Waals surface area contributed by atoms with Crippen molar-refractivity contribution in [1.82, 2.24) is 5.43 Å². The van der Waals surface area contributed by atoms with Crippen LogP contribution in [0.25, 0.3) is 0 Å². The molecule has 1 N–H and O–H groups in total. The highest BCUT2D eigenvalue weighted by Gasteiger charge is 2.02. The molecule has 1 atom stereocenters. The number of hydrazone groups is 1. The third-order valence-corrected chi connectivity index (χ3v) is 4.07. The van der Waals surface area contributed by atoms with Crippen molar-refractivity contribution in [3.63, 3.8) is 0 Å². The van der Waals surface area contributed by atoms with Gasteiger partial charge in [0.2, 0.25) is 5.91 Å². The molecular weight excluding hydrogens is 284 g/mol. The molecule has 0 heterocycles. The van der Waals surface area contributed by atoms with Crippen LogP contribution in [-0.2, 0) is 4.79 Å². The van der Waals surface area contributed by atoms with Crippen LogP contribution in [-0.4, -0.2) is 12.1 Å². The summed E-state index contributed by atoms with van der Waals surface area (Å²) in [6, 6.07) is 10.2.